The number of hydrogen-bond acceptors (Lipinski definition) is 2. The molecule has 1 unspecified atom stereocenters. The average molecular weight is 297 g/mol. The number of rotatable bonds is 5. The molecule has 1 fully saturated rings. The first-order valence-corrected chi connectivity index (χ1v) is 7.65. The Bertz CT molecular complexity index is 373. The van der Waals surface area contributed by atoms with Crippen molar-refractivity contribution in [2.75, 3.05) is 26.7 Å². The Kier molecular flexibility index (Phi) is 7.57. The summed E-state index contributed by atoms with van der Waals surface area (Å²) in [6.07, 6.45) is 2.72. The van der Waals surface area contributed by atoms with E-state index < -0.39 is 0 Å². The summed E-state index contributed by atoms with van der Waals surface area (Å²) in [5.74, 6) is 1.46. The van der Waals surface area contributed by atoms with Crippen LogP contribution in [0.5, 0.6) is 0 Å². The van der Waals surface area contributed by atoms with Gasteiger partial charge in [0.2, 0.25) is 0 Å². The molecule has 0 aromatic heterocycles. The predicted molar refractivity (Wildman–Crippen MR) is 89.7 cm³/mol. The van der Waals surface area contributed by atoms with Crippen molar-refractivity contribution in [2.45, 2.75) is 39.2 Å². The second kappa shape index (κ2) is 8.66. The van der Waals surface area contributed by atoms with Crippen molar-refractivity contribution in [3.63, 3.8) is 0 Å². The van der Waals surface area contributed by atoms with Crippen LogP contribution in [0.15, 0.2) is 24.3 Å². The summed E-state index contributed by atoms with van der Waals surface area (Å²) in [6.45, 7) is 9.27. The standard InChI is InChI=1S/C17H28N2.ClH/c1-14(2)17-8-6-15(7-9-17)12-19-10-4-5-16(13-19)11-18-3;/h6-9,14,16,18H,4-5,10-13H2,1-3H3;1H. The van der Waals surface area contributed by atoms with Crippen molar-refractivity contribution in [1.29, 1.82) is 0 Å². The molecule has 0 radical (unpaired) electrons. The fourth-order valence-electron chi connectivity index (χ4n) is 3.02. The molecule has 114 valence electrons. The molecule has 0 aliphatic carbocycles. The Morgan fingerprint density at radius 1 is 1.25 bits per heavy atom. The average Bonchev–Trinajstić information content (AvgIpc) is 2.40. The zero-order valence-corrected chi connectivity index (χ0v) is 13.9. The quantitative estimate of drug-likeness (QED) is 0.892. The molecule has 0 amide bonds. The lowest BCUT2D eigenvalue weighted by molar-refractivity contribution is 0.167. The van der Waals surface area contributed by atoms with Crippen LogP contribution in [0.3, 0.4) is 0 Å². The summed E-state index contributed by atoms with van der Waals surface area (Å²) >= 11 is 0. The number of nitrogens with one attached hydrogen (secondary N) is 1. The second-order valence-electron chi connectivity index (χ2n) is 6.20. The van der Waals surface area contributed by atoms with E-state index in [4.69, 9.17) is 0 Å². The molecule has 1 N–H and O–H groups in total. The molecule has 1 aliphatic rings. The Hall–Kier alpha value is -0.570. The first-order chi connectivity index (χ1) is 9.19. The second-order valence-corrected chi connectivity index (χ2v) is 6.20. The zero-order chi connectivity index (χ0) is 13.7. The van der Waals surface area contributed by atoms with Gasteiger partial charge in [-0.3, -0.25) is 4.90 Å². The highest BCUT2D eigenvalue weighted by molar-refractivity contribution is 5.85. The van der Waals surface area contributed by atoms with Crippen LogP contribution in [0.4, 0.5) is 0 Å². The summed E-state index contributed by atoms with van der Waals surface area (Å²) in [5.41, 5.74) is 2.89. The highest BCUT2D eigenvalue weighted by atomic mass is 35.5. The van der Waals surface area contributed by atoms with Crippen LogP contribution in [0, 0.1) is 5.92 Å². The fourth-order valence-corrected chi connectivity index (χ4v) is 3.02. The highest BCUT2D eigenvalue weighted by Gasteiger charge is 2.19. The van der Waals surface area contributed by atoms with Crippen molar-refractivity contribution in [3.05, 3.63) is 35.4 Å². The molecule has 1 heterocycles. The molecular weight excluding hydrogens is 268 g/mol. The molecule has 3 heteroatoms. The number of benzene rings is 1. The van der Waals surface area contributed by atoms with E-state index >= 15 is 0 Å². The van der Waals surface area contributed by atoms with E-state index in [1.54, 1.807) is 0 Å². The van der Waals surface area contributed by atoms with E-state index in [1.807, 2.05) is 0 Å². The minimum absolute atomic E-state index is 0. The predicted octanol–water partition coefficient (Wildman–Crippen LogP) is 3.66. The number of hydrogen-bond donors (Lipinski definition) is 1. The van der Waals surface area contributed by atoms with E-state index in [2.05, 4.69) is 55.4 Å². The molecule has 2 rings (SSSR count). The summed E-state index contributed by atoms with van der Waals surface area (Å²) in [4.78, 5) is 2.61. The van der Waals surface area contributed by atoms with Crippen LogP contribution in [-0.2, 0) is 6.54 Å². The van der Waals surface area contributed by atoms with Gasteiger partial charge in [-0.2, -0.15) is 0 Å². The first kappa shape index (κ1) is 17.5. The minimum atomic E-state index is 0. The van der Waals surface area contributed by atoms with Gasteiger partial charge in [0.25, 0.3) is 0 Å². The van der Waals surface area contributed by atoms with E-state index in [-0.39, 0.29) is 12.4 Å². The Morgan fingerprint density at radius 3 is 2.55 bits per heavy atom. The van der Waals surface area contributed by atoms with Crippen molar-refractivity contribution < 1.29 is 0 Å². The van der Waals surface area contributed by atoms with Gasteiger partial charge in [0.05, 0.1) is 0 Å². The van der Waals surface area contributed by atoms with E-state index in [9.17, 15) is 0 Å². The third-order valence-corrected chi connectivity index (χ3v) is 4.15. The topological polar surface area (TPSA) is 15.3 Å². The number of likely N-dealkylation sites (tertiary alicyclic amines) is 1. The molecule has 1 saturated heterocycles. The Labute approximate surface area is 130 Å². The van der Waals surface area contributed by atoms with Gasteiger partial charge in [0, 0.05) is 13.1 Å². The molecule has 1 aromatic carbocycles. The monoisotopic (exact) mass is 296 g/mol. The van der Waals surface area contributed by atoms with Crippen LogP contribution in [0.2, 0.25) is 0 Å². The fraction of sp³-hybridized carbons (Fsp3) is 0.647. The lowest BCUT2D eigenvalue weighted by Crippen LogP contribution is -2.38. The summed E-state index contributed by atoms with van der Waals surface area (Å²) in [7, 11) is 2.06. The number of halogens is 1. The van der Waals surface area contributed by atoms with Gasteiger partial charge in [0.1, 0.15) is 0 Å². The third kappa shape index (κ3) is 5.08. The molecular formula is C17H29ClN2. The van der Waals surface area contributed by atoms with E-state index in [0.717, 1.165) is 19.0 Å². The molecule has 20 heavy (non-hydrogen) atoms. The molecule has 0 saturated carbocycles. The third-order valence-electron chi connectivity index (χ3n) is 4.15. The molecule has 1 aliphatic heterocycles. The zero-order valence-electron chi connectivity index (χ0n) is 13.1. The molecule has 1 atom stereocenters. The van der Waals surface area contributed by atoms with Gasteiger partial charge < -0.3 is 5.32 Å². The van der Waals surface area contributed by atoms with E-state index in [1.165, 1.54) is 37.1 Å². The van der Waals surface area contributed by atoms with Gasteiger partial charge >= 0.3 is 0 Å². The number of piperidine rings is 1. The van der Waals surface area contributed by atoms with Crippen molar-refractivity contribution in [1.82, 2.24) is 10.2 Å². The Morgan fingerprint density at radius 2 is 1.95 bits per heavy atom. The van der Waals surface area contributed by atoms with Crippen molar-refractivity contribution in [2.24, 2.45) is 5.92 Å². The Balaban J connectivity index is 0.00000200. The van der Waals surface area contributed by atoms with E-state index in [0.29, 0.717) is 5.92 Å². The van der Waals surface area contributed by atoms with Crippen LogP contribution >= 0.6 is 12.4 Å². The SMILES string of the molecule is CNCC1CCCN(Cc2ccc(C(C)C)cc2)C1.Cl. The lowest BCUT2D eigenvalue weighted by atomic mass is 9.97. The van der Waals surface area contributed by atoms with Gasteiger partial charge in [-0.05, 0) is 55.9 Å². The van der Waals surface area contributed by atoms with Crippen LogP contribution in [-0.4, -0.2) is 31.6 Å². The van der Waals surface area contributed by atoms with Crippen LogP contribution in [0.25, 0.3) is 0 Å². The first-order valence-electron chi connectivity index (χ1n) is 7.65. The summed E-state index contributed by atoms with van der Waals surface area (Å²) in [6, 6.07) is 9.18. The van der Waals surface area contributed by atoms with Crippen molar-refractivity contribution in [3.8, 4) is 0 Å². The smallest absolute Gasteiger partial charge is 0.0233 e. The maximum Gasteiger partial charge on any atom is 0.0233 e. The molecule has 1 aromatic rings. The largest absolute Gasteiger partial charge is 0.319 e. The highest BCUT2D eigenvalue weighted by Crippen LogP contribution is 2.19. The van der Waals surface area contributed by atoms with Crippen molar-refractivity contribution >= 4 is 12.4 Å². The minimum Gasteiger partial charge on any atom is -0.319 e. The number of nitrogens with zero attached hydrogens (tertiary/aromatic N) is 1. The van der Waals surface area contributed by atoms with Gasteiger partial charge in [-0.25, -0.2) is 0 Å². The van der Waals surface area contributed by atoms with Gasteiger partial charge in [-0.1, -0.05) is 38.1 Å². The summed E-state index contributed by atoms with van der Waals surface area (Å²) in [5, 5.41) is 3.32. The lowest BCUT2D eigenvalue weighted by Gasteiger charge is -2.32. The molecule has 0 spiro atoms. The van der Waals surface area contributed by atoms with Gasteiger partial charge in [-0.15, -0.1) is 12.4 Å². The normalized spacial score (nSPS) is 19.9. The molecule has 2 nitrogen and oxygen atoms in total. The van der Waals surface area contributed by atoms with Crippen LogP contribution < -0.4 is 5.32 Å². The van der Waals surface area contributed by atoms with Gasteiger partial charge in [0.15, 0.2) is 0 Å². The molecule has 0 bridgehead atoms. The van der Waals surface area contributed by atoms with Crippen LogP contribution in [0.1, 0.15) is 43.7 Å². The maximum atomic E-state index is 3.32. The maximum absolute atomic E-state index is 3.32. The summed E-state index contributed by atoms with van der Waals surface area (Å²) < 4.78 is 0.